The predicted octanol–water partition coefficient (Wildman–Crippen LogP) is 0.419. The van der Waals surface area contributed by atoms with Gasteiger partial charge in [-0.15, -0.1) is 17.5 Å². The smallest absolute Gasteiger partial charge is 0.0967 e. The normalized spacial score (nSPS) is 26.4. The first-order chi connectivity index (χ1) is 7.16. The molecule has 1 fully saturated rings. The summed E-state index contributed by atoms with van der Waals surface area (Å²) in [6.07, 6.45) is 1.99. The number of rotatable bonds is 2. The van der Waals surface area contributed by atoms with Crippen molar-refractivity contribution in [2.75, 3.05) is 13.1 Å². The molecule has 1 aromatic rings. The van der Waals surface area contributed by atoms with Gasteiger partial charge in [-0.25, -0.2) is 0 Å². The quantitative estimate of drug-likeness (QED) is 0.821. The van der Waals surface area contributed by atoms with Gasteiger partial charge in [0.15, 0.2) is 0 Å². The van der Waals surface area contributed by atoms with Gasteiger partial charge >= 0.3 is 0 Å². The molecule has 0 radical (unpaired) electrons. The van der Waals surface area contributed by atoms with E-state index in [9.17, 15) is 0 Å². The largest absolute Gasteiger partial charge is 0.314 e. The van der Waals surface area contributed by atoms with Crippen LogP contribution in [-0.4, -0.2) is 45.1 Å². The minimum Gasteiger partial charge on any atom is -0.314 e. The van der Waals surface area contributed by atoms with Gasteiger partial charge < -0.3 is 5.32 Å². The Labute approximate surface area is 103 Å². The number of aryl methyl sites for hydroxylation is 1. The molecule has 0 saturated carbocycles. The molecule has 92 valence electrons. The highest BCUT2D eigenvalue weighted by molar-refractivity contribution is 5.85. The van der Waals surface area contributed by atoms with Crippen LogP contribution in [0.2, 0.25) is 0 Å². The van der Waals surface area contributed by atoms with Gasteiger partial charge in [0.1, 0.15) is 0 Å². The summed E-state index contributed by atoms with van der Waals surface area (Å²) in [6, 6.07) is 1.13. The van der Waals surface area contributed by atoms with E-state index in [2.05, 4.69) is 34.4 Å². The summed E-state index contributed by atoms with van der Waals surface area (Å²) in [7, 11) is 1.90. The number of nitrogens with one attached hydrogen (secondary N) is 1. The summed E-state index contributed by atoms with van der Waals surface area (Å²) in [6.45, 7) is 7.52. The second kappa shape index (κ2) is 5.61. The van der Waals surface area contributed by atoms with Crippen LogP contribution >= 0.6 is 12.4 Å². The molecule has 1 N–H and O–H groups in total. The third kappa shape index (κ3) is 2.93. The van der Waals surface area contributed by atoms with Crippen molar-refractivity contribution in [1.82, 2.24) is 25.2 Å². The van der Waals surface area contributed by atoms with Crippen LogP contribution in [0, 0.1) is 0 Å². The van der Waals surface area contributed by atoms with Crippen LogP contribution in [0.25, 0.3) is 0 Å². The van der Waals surface area contributed by atoms with Crippen molar-refractivity contribution in [3.05, 3.63) is 11.9 Å². The lowest BCUT2D eigenvalue weighted by Gasteiger charge is -2.38. The van der Waals surface area contributed by atoms with Crippen molar-refractivity contribution >= 4 is 12.4 Å². The zero-order valence-electron chi connectivity index (χ0n) is 10.1. The van der Waals surface area contributed by atoms with Crippen molar-refractivity contribution in [2.24, 2.45) is 7.05 Å². The highest BCUT2D eigenvalue weighted by Crippen LogP contribution is 2.12. The van der Waals surface area contributed by atoms with Crippen LogP contribution in [0.5, 0.6) is 0 Å². The van der Waals surface area contributed by atoms with Crippen molar-refractivity contribution in [3.8, 4) is 0 Å². The fourth-order valence-electron chi connectivity index (χ4n) is 2.14. The van der Waals surface area contributed by atoms with E-state index in [-0.39, 0.29) is 12.4 Å². The lowest BCUT2D eigenvalue weighted by molar-refractivity contribution is 0.107. The van der Waals surface area contributed by atoms with E-state index in [0.717, 1.165) is 25.3 Å². The molecule has 0 amide bonds. The predicted molar refractivity (Wildman–Crippen MR) is 65.6 cm³/mol. The Morgan fingerprint density at radius 1 is 1.38 bits per heavy atom. The first-order valence-corrected chi connectivity index (χ1v) is 5.48. The minimum absolute atomic E-state index is 0. The maximum atomic E-state index is 4.13. The number of aromatic nitrogens is 3. The Morgan fingerprint density at radius 3 is 2.50 bits per heavy atom. The molecule has 0 unspecified atom stereocenters. The van der Waals surface area contributed by atoms with Gasteiger partial charge in [0, 0.05) is 45.0 Å². The molecule has 0 bridgehead atoms. The number of halogens is 1. The lowest BCUT2D eigenvalue weighted by atomic mass is 10.1. The molecule has 1 saturated heterocycles. The number of hydrogen-bond acceptors (Lipinski definition) is 4. The van der Waals surface area contributed by atoms with Crippen LogP contribution in [0.4, 0.5) is 0 Å². The molecule has 0 aliphatic carbocycles. The minimum atomic E-state index is 0. The molecular weight excluding hydrogens is 226 g/mol. The van der Waals surface area contributed by atoms with E-state index in [1.165, 1.54) is 0 Å². The van der Waals surface area contributed by atoms with E-state index in [4.69, 9.17) is 0 Å². The van der Waals surface area contributed by atoms with Gasteiger partial charge in [-0.05, 0) is 13.8 Å². The molecule has 2 heterocycles. The lowest BCUT2D eigenvalue weighted by Crippen LogP contribution is -2.54. The molecule has 5 nitrogen and oxygen atoms in total. The Bertz CT molecular complexity index is 317. The summed E-state index contributed by atoms with van der Waals surface area (Å²) in [5, 5.41) is 11.5. The molecule has 6 heteroatoms. The Kier molecular flexibility index (Phi) is 4.70. The fourth-order valence-corrected chi connectivity index (χ4v) is 2.14. The summed E-state index contributed by atoms with van der Waals surface area (Å²) in [5.41, 5.74) is 1.05. The molecule has 0 aromatic carbocycles. The second-order valence-corrected chi connectivity index (χ2v) is 4.41. The third-order valence-corrected chi connectivity index (χ3v) is 3.01. The van der Waals surface area contributed by atoms with E-state index in [1.807, 2.05) is 13.2 Å². The number of piperazine rings is 1. The fraction of sp³-hybridized carbons (Fsp3) is 0.800. The van der Waals surface area contributed by atoms with E-state index in [0.29, 0.717) is 12.1 Å². The Balaban J connectivity index is 0.00000128. The maximum Gasteiger partial charge on any atom is 0.0967 e. The second-order valence-electron chi connectivity index (χ2n) is 4.41. The Morgan fingerprint density at radius 2 is 2.00 bits per heavy atom. The third-order valence-electron chi connectivity index (χ3n) is 3.01. The standard InChI is InChI=1S/C10H19N5.ClH/c1-8-4-11-5-9(2)15(8)7-10-6-14(3)13-12-10;/h6,8-9,11H,4-5,7H2,1-3H3;1H/t8-,9+;. The highest BCUT2D eigenvalue weighted by Gasteiger charge is 2.24. The molecule has 0 spiro atoms. The topological polar surface area (TPSA) is 46.0 Å². The van der Waals surface area contributed by atoms with Gasteiger partial charge in [0.2, 0.25) is 0 Å². The number of hydrogen-bond donors (Lipinski definition) is 1. The van der Waals surface area contributed by atoms with Crippen LogP contribution in [0.1, 0.15) is 19.5 Å². The van der Waals surface area contributed by atoms with Crippen molar-refractivity contribution in [1.29, 1.82) is 0 Å². The van der Waals surface area contributed by atoms with E-state index < -0.39 is 0 Å². The van der Waals surface area contributed by atoms with E-state index >= 15 is 0 Å². The zero-order chi connectivity index (χ0) is 10.8. The van der Waals surface area contributed by atoms with Crippen LogP contribution in [-0.2, 0) is 13.6 Å². The maximum absolute atomic E-state index is 4.13. The number of nitrogens with zero attached hydrogens (tertiary/aromatic N) is 4. The van der Waals surface area contributed by atoms with Gasteiger partial charge in [0.05, 0.1) is 5.69 Å². The van der Waals surface area contributed by atoms with Crippen LogP contribution in [0.3, 0.4) is 0 Å². The first kappa shape index (κ1) is 13.4. The zero-order valence-corrected chi connectivity index (χ0v) is 10.9. The molecule has 1 aliphatic rings. The Hall–Kier alpha value is -0.650. The van der Waals surface area contributed by atoms with Crippen molar-refractivity contribution in [3.63, 3.8) is 0 Å². The summed E-state index contributed by atoms with van der Waals surface area (Å²) in [5.74, 6) is 0. The summed E-state index contributed by atoms with van der Waals surface area (Å²) < 4.78 is 1.76. The van der Waals surface area contributed by atoms with Crippen LogP contribution < -0.4 is 5.32 Å². The SMILES string of the molecule is C[C@@H]1CNC[C@H](C)N1Cc1cn(C)nn1.Cl. The van der Waals surface area contributed by atoms with Gasteiger partial charge in [-0.2, -0.15) is 0 Å². The van der Waals surface area contributed by atoms with Gasteiger partial charge in [0.25, 0.3) is 0 Å². The van der Waals surface area contributed by atoms with Crippen molar-refractivity contribution in [2.45, 2.75) is 32.5 Å². The van der Waals surface area contributed by atoms with E-state index in [1.54, 1.807) is 4.68 Å². The van der Waals surface area contributed by atoms with Gasteiger partial charge in [-0.3, -0.25) is 9.58 Å². The summed E-state index contributed by atoms with van der Waals surface area (Å²) in [4.78, 5) is 2.47. The molecule has 2 rings (SSSR count). The molecular formula is C10H20ClN5. The highest BCUT2D eigenvalue weighted by atomic mass is 35.5. The van der Waals surface area contributed by atoms with Gasteiger partial charge in [-0.1, -0.05) is 5.21 Å². The molecule has 2 atom stereocenters. The molecule has 1 aliphatic heterocycles. The van der Waals surface area contributed by atoms with Crippen molar-refractivity contribution < 1.29 is 0 Å². The average Bonchev–Trinajstić information content (AvgIpc) is 2.58. The average molecular weight is 246 g/mol. The molecule has 16 heavy (non-hydrogen) atoms. The summed E-state index contributed by atoms with van der Waals surface area (Å²) >= 11 is 0. The first-order valence-electron chi connectivity index (χ1n) is 5.48. The van der Waals surface area contributed by atoms with Crippen LogP contribution in [0.15, 0.2) is 6.20 Å². The monoisotopic (exact) mass is 245 g/mol. The molecule has 1 aromatic heterocycles.